The molecule has 0 aliphatic heterocycles. The zero-order valence-corrected chi connectivity index (χ0v) is 13.5. The van der Waals surface area contributed by atoms with Gasteiger partial charge in [-0.15, -0.1) is 10.2 Å². The number of azo groups is 1. The molecule has 0 aliphatic rings. The molecule has 2 aromatic rings. The van der Waals surface area contributed by atoms with E-state index in [0.717, 1.165) is 5.56 Å². The van der Waals surface area contributed by atoms with E-state index in [4.69, 9.17) is 28.9 Å². The zero-order chi connectivity index (χ0) is 15.9. The Morgan fingerprint density at radius 1 is 1.05 bits per heavy atom. The number of thiocarbonyl (C=S) groups is 1. The fraction of sp³-hybridized carbons (Fsp3) is 0. The van der Waals surface area contributed by atoms with Crippen molar-refractivity contribution in [3.63, 3.8) is 0 Å². The molecule has 0 unspecified atom stereocenters. The Hall–Kier alpha value is -2.02. The molecule has 8 heteroatoms. The quantitative estimate of drug-likeness (QED) is 0.281. The highest BCUT2D eigenvalue weighted by Crippen LogP contribution is 2.25. The second kappa shape index (κ2) is 7.84. The maximum absolute atomic E-state index is 6.08. The number of amidine groups is 1. The first-order valence-corrected chi connectivity index (χ1v) is 7.28. The van der Waals surface area contributed by atoms with Gasteiger partial charge in [0.15, 0.2) is 0 Å². The summed E-state index contributed by atoms with van der Waals surface area (Å²) < 4.78 is 0. The van der Waals surface area contributed by atoms with Crippen LogP contribution in [0.3, 0.4) is 0 Å². The molecule has 0 aromatic heterocycles. The molecule has 0 saturated carbocycles. The predicted octanol–water partition coefficient (Wildman–Crippen LogP) is 4.46. The summed E-state index contributed by atoms with van der Waals surface area (Å²) in [6.07, 6.45) is 0. The van der Waals surface area contributed by atoms with Crippen molar-refractivity contribution in [2.45, 2.75) is 0 Å². The Morgan fingerprint density at radius 3 is 2.41 bits per heavy atom. The Bertz CT molecular complexity index is 731. The van der Waals surface area contributed by atoms with Gasteiger partial charge in [-0.3, -0.25) is 5.43 Å². The summed E-state index contributed by atoms with van der Waals surface area (Å²) >= 11 is 16.6. The van der Waals surface area contributed by atoms with Gasteiger partial charge in [0.25, 0.3) is 0 Å². The van der Waals surface area contributed by atoms with Crippen LogP contribution >= 0.6 is 35.4 Å². The molecule has 112 valence electrons. The maximum Gasteiger partial charge on any atom is 0.211 e. The van der Waals surface area contributed by atoms with Crippen LogP contribution in [0.4, 0.5) is 5.69 Å². The smallest absolute Gasteiger partial charge is 0.211 e. The number of hydrazone groups is 1. The third-order valence-corrected chi connectivity index (χ3v) is 3.12. The Morgan fingerprint density at radius 2 is 1.77 bits per heavy atom. The van der Waals surface area contributed by atoms with Gasteiger partial charge in [0.2, 0.25) is 10.9 Å². The van der Waals surface area contributed by atoms with Crippen LogP contribution in [0.5, 0.6) is 0 Å². The lowest BCUT2D eigenvalue weighted by Gasteiger charge is -2.05. The van der Waals surface area contributed by atoms with Crippen LogP contribution in [-0.4, -0.2) is 10.9 Å². The lowest BCUT2D eigenvalue weighted by molar-refractivity contribution is 1.25. The van der Waals surface area contributed by atoms with E-state index in [9.17, 15) is 0 Å². The van der Waals surface area contributed by atoms with Crippen LogP contribution in [0.1, 0.15) is 5.56 Å². The predicted molar refractivity (Wildman–Crippen MR) is 94.7 cm³/mol. The highest BCUT2D eigenvalue weighted by molar-refractivity contribution is 7.80. The van der Waals surface area contributed by atoms with Crippen LogP contribution < -0.4 is 11.2 Å². The minimum absolute atomic E-state index is 0.0758. The van der Waals surface area contributed by atoms with Crippen molar-refractivity contribution in [2.24, 2.45) is 21.1 Å². The van der Waals surface area contributed by atoms with Gasteiger partial charge in [-0.1, -0.05) is 53.5 Å². The second-order valence-electron chi connectivity index (χ2n) is 4.08. The number of benzene rings is 2. The van der Waals surface area contributed by atoms with Gasteiger partial charge in [0.1, 0.15) is 0 Å². The molecule has 0 spiro atoms. The lowest BCUT2D eigenvalue weighted by atomic mass is 10.2. The van der Waals surface area contributed by atoms with E-state index in [1.807, 2.05) is 30.3 Å². The highest BCUT2D eigenvalue weighted by atomic mass is 35.5. The van der Waals surface area contributed by atoms with E-state index in [2.05, 4.69) is 33.0 Å². The summed E-state index contributed by atoms with van der Waals surface area (Å²) in [6, 6.07) is 14.3. The Balaban J connectivity index is 2.30. The molecule has 0 aliphatic carbocycles. The number of halogens is 2. The van der Waals surface area contributed by atoms with Crippen molar-refractivity contribution in [3.05, 3.63) is 64.1 Å². The number of nitrogens with two attached hydrogens (primary N) is 1. The molecule has 0 bridgehead atoms. The van der Waals surface area contributed by atoms with Gasteiger partial charge in [-0.05, 0) is 30.4 Å². The molecule has 22 heavy (non-hydrogen) atoms. The van der Waals surface area contributed by atoms with Crippen molar-refractivity contribution < 1.29 is 0 Å². The van der Waals surface area contributed by atoms with Crippen LogP contribution in [0.15, 0.2) is 63.9 Å². The molecule has 0 heterocycles. The van der Waals surface area contributed by atoms with Gasteiger partial charge in [0.05, 0.1) is 10.7 Å². The van der Waals surface area contributed by atoms with Crippen LogP contribution in [0.25, 0.3) is 0 Å². The molecule has 2 rings (SSSR count). The number of anilines is 1. The molecule has 3 N–H and O–H groups in total. The summed E-state index contributed by atoms with van der Waals surface area (Å²) in [5.41, 5.74) is 9.49. The molecule has 5 nitrogen and oxygen atoms in total. The average Bonchev–Trinajstić information content (AvgIpc) is 2.49. The SMILES string of the molecule is NC(=S)N=N/C(=N\Nc1ccc(Cl)cc1Cl)c1ccccc1. The Kier molecular flexibility index (Phi) is 5.83. The van der Waals surface area contributed by atoms with Crippen molar-refractivity contribution in [2.75, 3.05) is 5.43 Å². The molecule has 0 amide bonds. The molecular formula is C14H11Cl2N5S. The van der Waals surface area contributed by atoms with Crippen molar-refractivity contribution >= 4 is 52.1 Å². The fourth-order valence-electron chi connectivity index (χ4n) is 1.52. The molecular weight excluding hydrogens is 341 g/mol. The minimum Gasteiger partial charge on any atom is -0.373 e. The lowest BCUT2D eigenvalue weighted by Crippen LogP contribution is -2.06. The monoisotopic (exact) mass is 351 g/mol. The van der Waals surface area contributed by atoms with E-state index in [-0.39, 0.29) is 5.11 Å². The first-order chi connectivity index (χ1) is 10.6. The first kappa shape index (κ1) is 16.4. The van der Waals surface area contributed by atoms with Gasteiger partial charge in [0, 0.05) is 10.6 Å². The molecule has 0 saturated heterocycles. The second-order valence-corrected chi connectivity index (χ2v) is 5.34. The zero-order valence-electron chi connectivity index (χ0n) is 11.2. The number of hydrogen-bond donors (Lipinski definition) is 2. The van der Waals surface area contributed by atoms with E-state index in [1.165, 1.54) is 0 Å². The van der Waals surface area contributed by atoms with Crippen molar-refractivity contribution in [1.29, 1.82) is 0 Å². The van der Waals surface area contributed by atoms with Gasteiger partial charge in [-0.2, -0.15) is 5.10 Å². The summed E-state index contributed by atoms with van der Waals surface area (Å²) in [6.45, 7) is 0. The number of nitrogens with zero attached hydrogens (tertiary/aromatic N) is 3. The first-order valence-electron chi connectivity index (χ1n) is 6.11. The molecule has 0 fully saturated rings. The van der Waals surface area contributed by atoms with Crippen molar-refractivity contribution in [1.82, 2.24) is 0 Å². The molecule has 2 aromatic carbocycles. The topological polar surface area (TPSA) is 75.1 Å². The minimum atomic E-state index is -0.0758. The number of hydrogen-bond acceptors (Lipinski definition) is 3. The van der Waals surface area contributed by atoms with E-state index in [1.54, 1.807) is 18.2 Å². The van der Waals surface area contributed by atoms with Crippen LogP contribution in [0, 0.1) is 0 Å². The van der Waals surface area contributed by atoms with Crippen LogP contribution in [-0.2, 0) is 0 Å². The Labute approximate surface area is 142 Å². The summed E-state index contributed by atoms with van der Waals surface area (Å²) in [7, 11) is 0. The summed E-state index contributed by atoms with van der Waals surface area (Å²) in [5.74, 6) is 0.319. The normalized spacial score (nSPS) is 11.6. The van der Waals surface area contributed by atoms with Gasteiger partial charge < -0.3 is 5.73 Å². The third-order valence-electron chi connectivity index (χ3n) is 2.49. The van der Waals surface area contributed by atoms with E-state index >= 15 is 0 Å². The average molecular weight is 352 g/mol. The summed E-state index contributed by atoms with van der Waals surface area (Å²) in [4.78, 5) is 0. The molecule has 0 atom stereocenters. The van der Waals surface area contributed by atoms with Crippen molar-refractivity contribution in [3.8, 4) is 0 Å². The highest BCUT2D eigenvalue weighted by Gasteiger charge is 2.04. The number of nitrogens with one attached hydrogen (secondary N) is 1. The van der Waals surface area contributed by atoms with Gasteiger partial charge >= 0.3 is 0 Å². The maximum atomic E-state index is 6.08. The molecule has 0 radical (unpaired) electrons. The van der Waals surface area contributed by atoms with Gasteiger partial charge in [-0.25, -0.2) is 0 Å². The summed E-state index contributed by atoms with van der Waals surface area (Å²) in [5, 5.41) is 12.7. The largest absolute Gasteiger partial charge is 0.373 e. The van der Waals surface area contributed by atoms with E-state index in [0.29, 0.717) is 21.6 Å². The van der Waals surface area contributed by atoms with Crippen LogP contribution in [0.2, 0.25) is 10.0 Å². The number of rotatable bonds is 3. The third kappa shape index (κ3) is 4.77. The van der Waals surface area contributed by atoms with E-state index < -0.39 is 0 Å². The standard InChI is InChI=1S/C14H11Cl2N5S/c15-10-6-7-12(11(16)8-10)18-19-13(20-21-14(17)22)9-4-2-1-3-5-9/h1-8,18H,(H2,17,22)/b19-13-,21-20?. The fourth-order valence-corrected chi connectivity index (χ4v) is 2.01.